The van der Waals surface area contributed by atoms with Gasteiger partial charge in [0.05, 0.1) is 27.8 Å². The molecule has 0 saturated carbocycles. The number of rotatable bonds is 12. The Morgan fingerprint density at radius 3 is 0.731 bits per heavy atom. The number of hydrogen-bond donors (Lipinski definition) is 0. The monoisotopic (exact) mass is 1220 g/mol. The Morgan fingerprint density at radius 2 is 0.430 bits per heavy atom. The molecule has 15 rings (SSSR count). The van der Waals surface area contributed by atoms with Gasteiger partial charge in [0.25, 0.3) is 0 Å². The highest BCUT2D eigenvalue weighted by Gasteiger charge is 2.37. The van der Waals surface area contributed by atoms with E-state index in [4.69, 9.17) is 0 Å². The van der Waals surface area contributed by atoms with Crippen molar-refractivity contribution in [1.29, 1.82) is 0 Å². The van der Waals surface area contributed by atoms with Crippen molar-refractivity contribution in [3.05, 3.63) is 345 Å². The molecule has 0 radical (unpaired) electrons. The molecule has 14 aromatic carbocycles. The third-order valence-corrected chi connectivity index (χ3v) is 17.6. The summed E-state index contributed by atoms with van der Waals surface area (Å²) in [4.78, 5) is 0. The first-order valence-electron chi connectivity index (χ1n) is 30.7. The fourth-order valence-electron chi connectivity index (χ4n) is 13.0. The standard InChI is InChI=1S/C86H55F6N/c87-85(88,89)77-51-76(52-78(55-77)86(90,91)92)79-35-13-14-36-82(79)93-83-39-37-68(74-47-70(64-31-15-27-60(41-64)56-19-5-1-6-20-56)45-71(48-74)65-32-16-28-61(42-65)57-21-7-2-8-22-57)53-80(83)81-54-69(38-40-84(81)93)75-49-72(66-33-17-29-62(43-66)58-23-9-3-10-24-58)46-73(50-75)67-34-18-30-63(44-67)59-25-11-4-12-26-59/h1-55H. The molecule has 0 N–H and O–H groups in total. The maximum Gasteiger partial charge on any atom is 0.416 e. The molecule has 93 heavy (non-hydrogen) atoms. The van der Waals surface area contributed by atoms with Crippen LogP contribution in [-0.2, 0) is 12.4 Å². The van der Waals surface area contributed by atoms with E-state index >= 15 is 0 Å². The summed E-state index contributed by atoms with van der Waals surface area (Å²) in [6.07, 6.45) is -10.1. The van der Waals surface area contributed by atoms with Crippen LogP contribution in [0.1, 0.15) is 11.1 Å². The van der Waals surface area contributed by atoms with Crippen molar-refractivity contribution in [2.24, 2.45) is 0 Å². The lowest BCUT2D eigenvalue weighted by atomic mass is 9.90. The number of benzene rings is 14. The number of para-hydroxylation sites is 1. The Labute approximate surface area is 535 Å². The molecule has 0 unspecified atom stereocenters. The van der Waals surface area contributed by atoms with Crippen molar-refractivity contribution in [1.82, 2.24) is 4.57 Å². The van der Waals surface area contributed by atoms with E-state index in [9.17, 15) is 26.3 Å². The van der Waals surface area contributed by atoms with Gasteiger partial charge in [-0.25, -0.2) is 0 Å². The van der Waals surface area contributed by atoms with E-state index in [0.717, 1.165) is 134 Å². The van der Waals surface area contributed by atoms with Crippen LogP contribution < -0.4 is 0 Å². The second kappa shape index (κ2) is 24.0. The minimum absolute atomic E-state index is 0.177. The Hall–Kier alpha value is -11.5. The summed E-state index contributed by atoms with van der Waals surface area (Å²) in [5.74, 6) is 0. The van der Waals surface area contributed by atoms with Gasteiger partial charge < -0.3 is 4.57 Å². The highest BCUT2D eigenvalue weighted by molar-refractivity contribution is 6.12. The van der Waals surface area contributed by atoms with Crippen molar-refractivity contribution in [3.8, 4) is 128 Å². The second-order valence-corrected chi connectivity index (χ2v) is 23.5. The fraction of sp³-hybridized carbons (Fsp3) is 0.0233. The molecule has 0 saturated heterocycles. The average Bonchev–Trinajstić information content (AvgIpc) is 1.60. The molecule has 0 aliphatic heterocycles. The Balaban J connectivity index is 0.962. The summed E-state index contributed by atoms with van der Waals surface area (Å²) in [6.45, 7) is 0. The molecule has 7 heteroatoms. The van der Waals surface area contributed by atoms with Gasteiger partial charge in [-0.1, -0.05) is 224 Å². The first kappa shape index (κ1) is 57.9. The molecule has 0 amide bonds. The van der Waals surface area contributed by atoms with E-state index in [0.29, 0.717) is 16.7 Å². The SMILES string of the molecule is FC(F)(F)c1cc(-c2ccccc2-n2c3ccc(-c4cc(-c5cccc(-c6ccccc6)c5)cc(-c5cccc(-c6ccccc6)c5)c4)cc3c3cc(-c4cc(-c5cccc(-c6ccccc6)c5)cc(-c5cccc(-c6ccccc6)c5)c4)ccc32)cc(C(F)(F)F)c1. The molecule has 446 valence electrons. The largest absolute Gasteiger partial charge is 0.416 e. The lowest BCUT2D eigenvalue weighted by Crippen LogP contribution is -2.11. The number of halogens is 6. The van der Waals surface area contributed by atoms with Gasteiger partial charge >= 0.3 is 12.4 Å². The third-order valence-electron chi connectivity index (χ3n) is 17.6. The first-order valence-corrected chi connectivity index (χ1v) is 30.7. The van der Waals surface area contributed by atoms with Gasteiger partial charge in [0.15, 0.2) is 0 Å². The van der Waals surface area contributed by atoms with E-state index < -0.39 is 23.5 Å². The van der Waals surface area contributed by atoms with Crippen LogP contribution in [0.2, 0.25) is 0 Å². The molecule has 0 spiro atoms. The Kier molecular flexibility index (Phi) is 14.9. The van der Waals surface area contributed by atoms with E-state index in [1.165, 1.54) is 0 Å². The molecule has 0 aliphatic carbocycles. The maximum atomic E-state index is 14.7. The van der Waals surface area contributed by atoms with Gasteiger partial charge in [0.1, 0.15) is 0 Å². The first-order chi connectivity index (χ1) is 45.3. The smallest absolute Gasteiger partial charge is 0.309 e. The van der Waals surface area contributed by atoms with Crippen molar-refractivity contribution < 1.29 is 26.3 Å². The van der Waals surface area contributed by atoms with Gasteiger partial charge in [0, 0.05) is 16.3 Å². The minimum atomic E-state index is -5.05. The summed E-state index contributed by atoms with van der Waals surface area (Å²) in [6, 6.07) is 110. The van der Waals surface area contributed by atoms with E-state index in [2.05, 4.69) is 206 Å². The van der Waals surface area contributed by atoms with Crippen LogP contribution in [0.4, 0.5) is 26.3 Å². The van der Waals surface area contributed by atoms with Crippen molar-refractivity contribution in [2.45, 2.75) is 12.4 Å². The van der Waals surface area contributed by atoms with Crippen molar-refractivity contribution in [3.63, 3.8) is 0 Å². The molecule has 0 aliphatic rings. The van der Waals surface area contributed by atoms with Gasteiger partial charge in [-0.3, -0.25) is 0 Å². The summed E-state index contributed by atoms with van der Waals surface area (Å²) < 4.78 is 90.0. The summed E-state index contributed by atoms with van der Waals surface area (Å²) in [7, 11) is 0. The predicted molar refractivity (Wildman–Crippen MR) is 371 cm³/mol. The molecule has 0 fully saturated rings. The second-order valence-electron chi connectivity index (χ2n) is 23.5. The Bertz CT molecular complexity index is 4770. The minimum Gasteiger partial charge on any atom is -0.309 e. The van der Waals surface area contributed by atoms with Crippen LogP contribution in [0.3, 0.4) is 0 Å². The molecule has 1 nitrogen and oxygen atoms in total. The topological polar surface area (TPSA) is 4.93 Å². The zero-order chi connectivity index (χ0) is 63.2. The van der Waals surface area contributed by atoms with Crippen LogP contribution in [0.25, 0.3) is 150 Å². The molecule has 15 aromatic rings. The highest BCUT2D eigenvalue weighted by Crippen LogP contribution is 2.46. The van der Waals surface area contributed by atoms with Crippen LogP contribution in [0.5, 0.6) is 0 Å². The van der Waals surface area contributed by atoms with Crippen LogP contribution in [0.15, 0.2) is 334 Å². The number of fused-ring (bicyclic) bond motifs is 3. The molecular weight excluding hydrogens is 1160 g/mol. The van der Waals surface area contributed by atoms with E-state index in [1.807, 2.05) is 89.5 Å². The maximum absolute atomic E-state index is 14.7. The summed E-state index contributed by atoms with van der Waals surface area (Å²) in [5, 5.41) is 1.65. The third kappa shape index (κ3) is 11.7. The molecular formula is C86H55F6N. The predicted octanol–water partition coefficient (Wildman–Crippen LogP) is 25.2. The molecule has 1 heterocycles. The molecule has 0 atom stereocenters. The average molecular weight is 1220 g/mol. The zero-order valence-electron chi connectivity index (χ0n) is 50.0. The fourth-order valence-corrected chi connectivity index (χ4v) is 13.0. The van der Waals surface area contributed by atoms with Crippen molar-refractivity contribution >= 4 is 21.8 Å². The lowest BCUT2D eigenvalue weighted by molar-refractivity contribution is -0.143. The van der Waals surface area contributed by atoms with Gasteiger partial charge in [0.2, 0.25) is 0 Å². The summed E-state index contributed by atoms with van der Waals surface area (Å²) in [5.41, 5.74) is 19.5. The highest BCUT2D eigenvalue weighted by atomic mass is 19.4. The lowest BCUT2D eigenvalue weighted by Gasteiger charge is -2.18. The van der Waals surface area contributed by atoms with Crippen LogP contribution in [-0.4, -0.2) is 4.57 Å². The zero-order valence-corrected chi connectivity index (χ0v) is 50.0. The molecule has 0 bridgehead atoms. The van der Waals surface area contributed by atoms with Crippen LogP contribution >= 0.6 is 0 Å². The number of alkyl halides is 6. The van der Waals surface area contributed by atoms with E-state index in [1.54, 1.807) is 24.3 Å². The molecule has 1 aromatic heterocycles. The number of aromatic nitrogens is 1. The van der Waals surface area contributed by atoms with E-state index in [-0.39, 0.29) is 17.2 Å². The van der Waals surface area contributed by atoms with Gasteiger partial charge in [-0.2, -0.15) is 26.3 Å². The Morgan fingerprint density at radius 1 is 0.183 bits per heavy atom. The van der Waals surface area contributed by atoms with Crippen LogP contribution in [0, 0.1) is 0 Å². The van der Waals surface area contributed by atoms with Gasteiger partial charge in [-0.05, 0) is 226 Å². The number of nitrogens with zero attached hydrogens (tertiary/aromatic N) is 1. The summed E-state index contributed by atoms with van der Waals surface area (Å²) >= 11 is 0. The van der Waals surface area contributed by atoms with Crippen molar-refractivity contribution in [2.75, 3.05) is 0 Å². The van der Waals surface area contributed by atoms with Gasteiger partial charge in [-0.15, -0.1) is 0 Å². The quantitative estimate of drug-likeness (QED) is 0.107. The number of hydrogen-bond acceptors (Lipinski definition) is 0. The normalized spacial score (nSPS) is 11.8.